The Bertz CT molecular complexity index is 1210. The van der Waals surface area contributed by atoms with Crippen molar-refractivity contribution in [1.29, 1.82) is 0 Å². The van der Waals surface area contributed by atoms with Gasteiger partial charge in [-0.3, -0.25) is 18.9 Å². The van der Waals surface area contributed by atoms with Crippen LogP contribution >= 0.6 is 7.75 Å². The highest BCUT2D eigenvalue weighted by molar-refractivity contribution is 7.50. The summed E-state index contributed by atoms with van der Waals surface area (Å²) in [5.74, 6) is -0.159. The van der Waals surface area contributed by atoms with Gasteiger partial charge in [-0.1, -0.05) is 30.3 Å². The van der Waals surface area contributed by atoms with Gasteiger partial charge in [0.05, 0.1) is 12.9 Å². The molecule has 0 amide bonds. The summed E-state index contributed by atoms with van der Waals surface area (Å²) in [7, 11) is -4.23. The van der Waals surface area contributed by atoms with E-state index < -0.39 is 43.9 Å². The fourth-order valence-corrected chi connectivity index (χ4v) is 4.32. The third-order valence-corrected chi connectivity index (χ3v) is 6.25. The van der Waals surface area contributed by atoms with E-state index in [1.54, 1.807) is 24.3 Å². The number of ether oxygens (including phenoxy) is 1. The summed E-state index contributed by atoms with van der Waals surface area (Å²) < 4.78 is 24.4. The molecule has 0 saturated carbocycles. The molecule has 7 N–H and O–H groups in total. The highest BCUT2D eigenvalue weighted by Crippen LogP contribution is 2.42. The number of rotatable bonds is 7. The van der Waals surface area contributed by atoms with Gasteiger partial charge >= 0.3 is 7.75 Å². The third-order valence-electron chi connectivity index (χ3n) is 5.20. The van der Waals surface area contributed by atoms with Crippen LogP contribution in [0.2, 0.25) is 0 Å². The molecule has 0 aliphatic carbocycles. The predicted octanol–water partition coefficient (Wildman–Crippen LogP) is -0.382. The normalized spacial score (nSPS) is 27.6. The maximum absolute atomic E-state index is 12.3. The number of benzene rings is 1. The van der Waals surface area contributed by atoms with Crippen LogP contribution in [0.5, 0.6) is 0 Å². The largest absolute Gasteiger partial charge is 0.403 e. The number of aromatic nitrogens is 4. The van der Waals surface area contributed by atoms with Gasteiger partial charge in [0.15, 0.2) is 17.4 Å². The number of aliphatic hydroxyl groups excluding tert-OH is 1. The van der Waals surface area contributed by atoms with E-state index in [0.717, 1.165) is 5.56 Å². The van der Waals surface area contributed by atoms with Gasteiger partial charge in [0.2, 0.25) is 5.95 Å². The minimum absolute atomic E-state index is 0.0299. The molecule has 14 heteroatoms. The number of nitrogens with one attached hydrogen (secondary N) is 2. The average molecular weight is 466 g/mol. The molecule has 13 nitrogen and oxygen atoms in total. The number of fused-ring (bicyclic) bond motifs is 1. The van der Waals surface area contributed by atoms with Crippen molar-refractivity contribution in [1.82, 2.24) is 24.6 Å². The molecule has 0 bridgehead atoms. The predicted molar refractivity (Wildman–Crippen MR) is 112 cm³/mol. The van der Waals surface area contributed by atoms with Crippen LogP contribution in [0.25, 0.3) is 11.2 Å². The highest BCUT2D eigenvalue weighted by Gasteiger charge is 2.54. The maximum Gasteiger partial charge on any atom is 0.403 e. The van der Waals surface area contributed by atoms with E-state index in [0.29, 0.717) is 0 Å². The van der Waals surface area contributed by atoms with Crippen LogP contribution in [0.3, 0.4) is 0 Å². The topological polar surface area (TPSA) is 198 Å². The first kappa shape index (κ1) is 22.6. The number of nitrogen functional groups attached to an aromatic ring is 1. The van der Waals surface area contributed by atoms with Crippen LogP contribution in [0, 0.1) is 0 Å². The lowest BCUT2D eigenvalue weighted by molar-refractivity contribution is -0.0948. The number of nitrogens with two attached hydrogens (primary N) is 1. The molecule has 1 aliphatic rings. The quantitative estimate of drug-likeness (QED) is 0.248. The Morgan fingerprint density at radius 3 is 2.84 bits per heavy atom. The minimum Gasteiger partial charge on any atom is -0.387 e. The number of anilines is 1. The van der Waals surface area contributed by atoms with Crippen molar-refractivity contribution in [2.24, 2.45) is 0 Å². The molecule has 172 valence electrons. The number of aliphatic hydroxyl groups is 2. The van der Waals surface area contributed by atoms with Crippen LogP contribution in [0.1, 0.15) is 18.7 Å². The second-order valence-electron chi connectivity index (χ2n) is 7.61. The van der Waals surface area contributed by atoms with Crippen molar-refractivity contribution >= 4 is 24.9 Å². The first-order valence-corrected chi connectivity index (χ1v) is 11.2. The Morgan fingerprint density at radius 2 is 2.12 bits per heavy atom. The maximum atomic E-state index is 12.3. The molecular formula is C18H23N6O7P. The second kappa shape index (κ2) is 8.37. The van der Waals surface area contributed by atoms with E-state index in [-0.39, 0.29) is 23.7 Å². The lowest BCUT2D eigenvalue weighted by Crippen LogP contribution is -2.44. The molecule has 1 fully saturated rings. The summed E-state index contributed by atoms with van der Waals surface area (Å²) >= 11 is 0. The first-order valence-electron chi connectivity index (χ1n) is 9.63. The van der Waals surface area contributed by atoms with E-state index in [9.17, 15) is 24.5 Å². The van der Waals surface area contributed by atoms with Crippen LogP contribution in [0.4, 0.5) is 5.95 Å². The average Bonchev–Trinajstić information content (AvgIpc) is 3.25. The molecular weight excluding hydrogens is 443 g/mol. The number of hydrogen-bond donors (Lipinski definition) is 6. The highest BCUT2D eigenvalue weighted by atomic mass is 31.2. The van der Waals surface area contributed by atoms with Gasteiger partial charge in [-0.2, -0.15) is 4.98 Å². The molecule has 1 unspecified atom stereocenters. The van der Waals surface area contributed by atoms with Gasteiger partial charge in [0.1, 0.15) is 17.8 Å². The Hall–Kier alpha value is -2.64. The van der Waals surface area contributed by atoms with E-state index in [1.807, 2.05) is 6.07 Å². The summed E-state index contributed by atoms with van der Waals surface area (Å²) in [5.41, 5.74) is 3.95. The van der Waals surface area contributed by atoms with Gasteiger partial charge in [-0.15, -0.1) is 0 Å². The number of nitrogens with zero attached hydrogens (tertiary/aromatic N) is 3. The van der Waals surface area contributed by atoms with Gasteiger partial charge in [-0.25, -0.2) is 14.6 Å². The Labute approximate surface area is 181 Å². The zero-order valence-corrected chi connectivity index (χ0v) is 17.8. The molecule has 2 aromatic heterocycles. The molecule has 0 radical (unpaired) electrons. The number of imidazole rings is 1. The molecule has 5 atom stereocenters. The molecule has 1 aliphatic heterocycles. The van der Waals surface area contributed by atoms with E-state index in [4.69, 9.17) is 15.0 Å². The van der Waals surface area contributed by atoms with Crippen LogP contribution < -0.4 is 16.4 Å². The van der Waals surface area contributed by atoms with Crippen molar-refractivity contribution < 1.29 is 28.9 Å². The minimum atomic E-state index is -4.23. The zero-order valence-electron chi connectivity index (χ0n) is 17.0. The van der Waals surface area contributed by atoms with Gasteiger partial charge in [-0.05, 0) is 12.5 Å². The first-order chi connectivity index (χ1) is 15.1. The molecule has 0 spiro atoms. The fourth-order valence-electron chi connectivity index (χ4n) is 3.50. The fraction of sp³-hybridized carbons (Fsp3) is 0.389. The van der Waals surface area contributed by atoms with Gasteiger partial charge in [0, 0.05) is 6.54 Å². The molecule has 4 rings (SSSR count). The number of H-pyrrole nitrogens is 1. The number of aromatic amines is 1. The van der Waals surface area contributed by atoms with Crippen LogP contribution in [-0.4, -0.2) is 59.0 Å². The second-order valence-corrected chi connectivity index (χ2v) is 9.22. The molecule has 32 heavy (non-hydrogen) atoms. The summed E-state index contributed by atoms with van der Waals surface area (Å²) in [5, 5.41) is 23.9. The Balaban J connectivity index is 1.48. The van der Waals surface area contributed by atoms with Crippen molar-refractivity contribution in [3.05, 3.63) is 52.6 Å². The molecule has 1 aromatic carbocycles. The Morgan fingerprint density at radius 1 is 1.41 bits per heavy atom. The van der Waals surface area contributed by atoms with Gasteiger partial charge < -0.3 is 25.6 Å². The van der Waals surface area contributed by atoms with Crippen molar-refractivity contribution in [3.63, 3.8) is 0 Å². The SMILES string of the molecule is C[C@@]1(O)[C@@H](n2cnc3c(=O)[nH]c(N)nc32)O[C@@H](COP(=O)(O)NCc2ccccc2)[C@@H]1O. The molecule has 3 aromatic rings. The summed E-state index contributed by atoms with van der Waals surface area (Å²) in [6.07, 6.45) is -2.65. The lowest BCUT2D eigenvalue weighted by atomic mass is 9.96. The number of hydrogen-bond acceptors (Lipinski definition) is 9. The van der Waals surface area contributed by atoms with Crippen molar-refractivity contribution in [2.45, 2.75) is 37.5 Å². The van der Waals surface area contributed by atoms with Crippen molar-refractivity contribution in [2.75, 3.05) is 12.3 Å². The van der Waals surface area contributed by atoms with Crippen LogP contribution in [0.15, 0.2) is 41.5 Å². The van der Waals surface area contributed by atoms with Crippen LogP contribution in [-0.2, 0) is 20.4 Å². The van der Waals surface area contributed by atoms with E-state index in [1.165, 1.54) is 17.8 Å². The summed E-state index contributed by atoms with van der Waals surface area (Å²) in [4.78, 5) is 32.3. The molecule has 1 saturated heterocycles. The van der Waals surface area contributed by atoms with Gasteiger partial charge in [0.25, 0.3) is 5.56 Å². The standard InChI is InChI=1S/C18H23N6O7P/c1-18(27)13(25)11(8-30-32(28,29)21-7-10-5-3-2-4-6-10)31-16(18)24-9-20-12-14(24)22-17(19)23-15(12)26/h2-6,9,11,13,16,25,27H,7-8H2,1H3,(H2,21,28,29)(H3,19,22,23,26)/t11-,13-,16-,18-/m0/s1. The monoisotopic (exact) mass is 466 g/mol. The van der Waals surface area contributed by atoms with E-state index in [2.05, 4.69) is 20.0 Å². The zero-order chi connectivity index (χ0) is 23.1. The summed E-state index contributed by atoms with van der Waals surface area (Å²) in [6.45, 7) is 0.911. The third kappa shape index (κ3) is 4.32. The Kier molecular flexibility index (Phi) is 5.90. The lowest BCUT2D eigenvalue weighted by Gasteiger charge is -2.27. The molecule has 3 heterocycles. The van der Waals surface area contributed by atoms with E-state index >= 15 is 0 Å². The smallest absolute Gasteiger partial charge is 0.387 e. The summed E-state index contributed by atoms with van der Waals surface area (Å²) in [6, 6.07) is 8.96. The van der Waals surface area contributed by atoms with Crippen molar-refractivity contribution in [3.8, 4) is 0 Å².